The Morgan fingerprint density at radius 1 is 1.37 bits per heavy atom. The number of primary amides is 1. The van der Waals surface area contributed by atoms with E-state index in [2.05, 4.69) is 10.3 Å². The summed E-state index contributed by atoms with van der Waals surface area (Å²) in [5, 5.41) is 8.19. The molecule has 0 aliphatic heterocycles. The van der Waals surface area contributed by atoms with Gasteiger partial charge in [-0.2, -0.15) is 0 Å². The van der Waals surface area contributed by atoms with Gasteiger partial charge in [-0.25, -0.2) is 4.68 Å². The molecule has 2 rings (SSSR count). The minimum atomic E-state index is -0.671. The molecule has 4 N–H and O–H groups in total. The zero-order valence-electron chi connectivity index (χ0n) is 10.2. The van der Waals surface area contributed by atoms with Crippen LogP contribution in [0, 0.1) is 0 Å². The maximum atomic E-state index is 11.0. The fourth-order valence-corrected chi connectivity index (χ4v) is 2.01. The van der Waals surface area contributed by atoms with Crippen LogP contribution in [0.15, 0.2) is 24.3 Å². The average Bonchev–Trinajstić information content (AvgIpc) is 2.74. The van der Waals surface area contributed by atoms with Crippen molar-refractivity contribution in [1.29, 1.82) is 0 Å². The summed E-state index contributed by atoms with van der Waals surface area (Å²) in [5.74, 6) is -0.471. The van der Waals surface area contributed by atoms with Gasteiger partial charge in [0.15, 0.2) is 11.5 Å². The monoisotopic (exact) mass is 279 g/mol. The zero-order valence-corrected chi connectivity index (χ0v) is 11.0. The lowest BCUT2D eigenvalue weighted by atomic mass is 10.1. The summed E-state index contributed by atoms with van der Waals surface area (Å²) in [5.41, 5.74) is 11.9. The van der Waals surface area contributed by atoms with Crippen molar-refractivity contribution in [3.8, 4) is 0 Å². The summed E-state index contributed by atoms with van der Waals surface area (Å²) in [4.78, 5) is 11.0. The van der Waals surface area contributed by atoms with Crippen LogP contribution in [0.2, 0.25) is 5.02 Å². The summed E-state index contributed by atoms with van der Waals surface area (Å²) >= 11 is 6.06. The first-order valence-electron chi connectivity index (χ1n) is 5.81. The van der Waals surface area contributed by atoms with Crippen LogP contribution in [-0.4, -0.2) is 20.9 Å². The zero-order chi connectivity index (χ0) is 13.8. The summed E-state index contributed by atoms with van der Waals surface area (Å²) < 4.78 is 1.47. The number of carbonyl (C=O) groups excluding carboxylic acids is 1. The lowest BCUT2D eigenvalue weighted by Crippen LogP contribution is -2.14. The van der Waals surface area contributed by atoms with E-state index >= 15 is 0 Å². The van der Waals surface area contributed by atoms with E-state index in [4.69, 9.17) is 23.1 Å². The van der Waals surface area contributed by atoms with Gasteiger partial charge in [0.25, 0.3) is 5.91 Å². The Kier molecular flexibility index (Phi) is 4.01. The maximum absolute atomic E-state index is 11.0. The van der Waals surface area contributed by atoms with Gasteiger partial charge in [0.1, 0.15) is 0 Å². The smallest absolute Gasteiger partial charge is 0.273 e. The third kappa shape index (κ3) is 3.03. The second-order valence-corrected chi connectivity index (χ2v) is 4.51. The summed E-state index contributed by atoms with van der Waals surface area (Å²) in [7, 11) is 0. The fourth-order valence-electron chi connectivity index (χ4n) is 1.78. The molecule has 2 aromatic rings. The second kappa shape index (κ2) is 5.71. The third-order valence-electron chi connectivity index (χ3n) is 2.78. The topological polar surface area (TPSA) is 99.8 Å². The van der Waals surface area contributed by atoms with Crippen LogP contribution in [0.25, 0.3) is 0 Å². The molecule has 0 saturated heterocycles. The summed E-state index contributed by atoms with van der Waals surface area (Å²) in [6, 6.07) is 7.66. The SMILES string of the molecule is NC(=O)c1nnn(CCCc2ccccc2Cl)c1N. The summed E-state index contributed by atoms with van der Waals surface area (Å²) in [6.07, 6.45) is 1.58. The molecule has 0 aliphatic rings. The van der Waals surface area contributed by atoms with Crippen LogP contribution >= 0.6 is 11.6 Å². The van der Waals surface area contributed by atoms with Crippen molar-refractivity contribution in [2.24, 2.45) is 5.73 Å². The molecule has 0 spiro atoms. The second-order valence-electron chi connectivity index (χ2n) is 4.11. The number of aromatic nitrogens is 3. The molecule has 0 saturated carbocycles. The Balaban J connectivity index is 1.97. The molecule has 19 heavy (non-hydrogen) atoms. The third-order valence-corrected chi connectivity index (χ3v) is 3.15. The minimum Gasteiger partial charge on any atom is -0.382 e. The number of rotatable bonds is 5. The number of aryl methyl sites for hydroxylation is 2. The van der Waals surface area contributed by atoms with Crippen LogP contribution in [0.5, 0.6) is 0 Å². The number of benzene rings is 1. The van der Waals surface area contributed by atoms with E-state index in [-0.39, 0.29) is 11.5 Å². The first-order chi connectivity index (χ1) is 9.09. The molecule has 0 atom stereocenters. The summed E-state index contributed by atoms with van der Waals surface area (Å²) in [6.45, 7) is 0.553. The molecule has 0 bridgehead atoms. The molecule has 0 aliphatic carbocycles. The van der Waals surface area contributed by atoms with Crippen molar-refractivity contribution in [2.75, 3.05) is 5.73 Å². The van der Waals surface area contributed by atoms with Crippen molar-refractivity contribution in [1.82, 2.24) is 15.0 Å². The van der Waals surface area contributed by atoms with Crippen molar-refractivity contribution in [3.63, 3.8) is 0 Å². The molecule has 1 heterocycles. The highest BCUT2D eigenvalue weighted by molar-refractivity contribution is 6.31. The lowest BCUT2D eigenvalue weighted by molar-refractivity contribution is 0.0996. The molecule has 1 aromatic heterocycles. The molecule has 7 heteroatoms. The highest BCUT2D eigenvalue weighted by Gasteiger charge is 2.13. The Hall–Kier alpha value is -2.08. The van der Waals surface area contributed by atoms with Crippen molar-refractivity contribution >= 4 is 23.3 Å². The molecule has 1 amide bonds. The standard InChI is InChI=1S/C12H14ClN5O/c13-9-6-2-1-4-8(9)5-3-7-18-11(14)10(12(15)19)16-17-18/h1-2,4,6H,3,5,7,14H2,(H2,15,19). The number of nitrogens with zero attached hydrogens (tertiary/aromatic N) is 3. The molecule has 0 unspecified atom stereocenters. The van der Waals surface area contributed by atoms with Crippen LogP contribution < -0.4 is 11.5 Å². The van der Waals surface area contributed by atoms with Gasteiger partial charge >= 0.3 is 0 Å². The first kappa shape index (κ1) is 13.4. The number of hydrogen-bond donors (Lipinski definition) is 2. The fraction of sp³-hybridized carbons (Fsp3) is 0.250. The Morgan fingerprint density at radius 3 is 2.74 bits per heavy atom. The number of halogens is 1. The normalized spacial score (nSPS) is 10.6. The van der Waals surface area contributed by atoms with Crippen LogP contribution in [0.4, 0.5) is 5.82 Å². The number of nitrogens with two attached hydrogens (primary N) is 2. The lowest BCUT2D eigenvalue weighted by Gasteiger charge is -2.05. The number of amides is 1. The van der Waals surface area contributed by atoms with Crippen molar-refractivity contribution < 1.29 is 4.79 Å². The van der Waals surface area contributed by atoms with Crippen LogP contribution in [0.1, 0.15) is 22.5 Å². The molecule has 6 nitrogen and oxygen atoms in total. The Labute approximate surface area is 115 Å². The Bertz CT molecular complexity index is 596. The van der Waals surface area contributed by atoms with Crippen LogP contribution in [-0.2, 0) is 13.0 Å². The van der Waals surface area contributed by atoms with Gasteiger partial charge in [0.05, 0.1) is 0 Å². The van der Waals surface area contributed by atoms with Gasteiger partial charge in [-0.05, 0) is 24.5 Å². The van der Waals surface area contributed by atoms with E-state index in [0.717, 1.165) is 23.4 Å². The van der Waals surface area contributed by atoms with Gasteiger partial charge < -0.3 is 11.5 Å². The maximum Gasteiger partial charge on any atom is 0.273 e. The van der Waals surface area contributed by atoms with Crippen LogP contribution in [0.3, 0.4) is 0 Å². The minimum absolute atomic E-state index is 0.0118. The van der Waals surface area contributed by atoms with E-state index in [0.29, 0.717) is 6.54 Å². The van der Waals surface area contributed by atoms with E-state index in [1.807, 2.05) is 24.3 Å². The van der Waals surface area contributed by atoms with Gasteiger partial charge in [-0.3, -0.25) is 4.79 Å². The average molecular weight is 280 g/mol. The molecular weight excluding hydrogens is 266 g/mol. The number of nitrogen functional groups attached to an aromatic ring is 1. The molecule has 1 aromatic carbocycles. The number of hydrogen-bond acceptors (Lipinski definition) is 4. The van der Waals surface area contributed by atoms with Crippen molar-refractivity contribution in [2.45, 2.75) is 19.4 Å². The highest BCUT2D eigenvalue weighted by atomic mass is 35.5. The van der Waals surface area contributed by atoms with Gasteiger partial charge in [0, 0.05) is 11.6 Å². The van der Waals surface area contributed by atoms with E-state index in [1.54, 1.807) is 0 Å². The number of carbonyl (C=O) groups is 1. The van der Waals surface area contributed by atoms with Gasteiger partial charge in [-0.1, -0.05) is 35.0 Å². The van der Waals surface area contributed by atoms with Gasteiger partial charge in [-0.15, -0.1) is 5.10 Å². The van der Waals surface area contributed by atoms with Crippen molar-refractivity contribution in [3.05, 3.63) is 40.5 Å². The van der Waals surface area contributed by atoms with E-state index in [1.165, 1.54) is 4.68 Å². The number of anilines is 1. The molecule has 0 fully saturated rings. The first-order valence-corrected chi connectivity index (χ1v) is 6.19. The van der Waals surface area contributed by atoms with Gasteiger partial charge in [0.2, 0.25) is 0 Å². The van der Waals surface area contributed by atoms with E-state index < -0.39 is 5.91 Å². The quantitative estimate of drug-likeness (QED) is 0.860. The Morgan fingerprint density at radius 2 is 2.11 bits per heavy atom. The van der Waals surface area contributed by atoms with E-state index in [9.17, 15) is 4.79 Å². The predicted octanol–water partition coefficient (Wildman–Crippen LogP) is 1.25. The molecular formula is C12H14ClN5O. The largest absolute Gasteiger partial charge is 0.382 e. The predicted molar refractivity (Wildman–Crippen MR) is 72.7 cm³/mol. The highest BCUT2D eigenvalue weighted by Crippen LogP contribution is 2.17. The molecule has 0 radical (unpaired) electrons. The molecule has 100 valence electrons.